The van der Waals surface area contributed by atoms with Crippen LogP contribution >= 0.6 is 11.3 Å². The van der Waals surface area contributed by atoms with Crippen molar-refractivity contribution in [3.63, 3.8) is 0 Å². The fraction of sp³-hybridized carbons (Fsp3) is 0.111. The van der Waals surface area contributed by atoms with E-state index in [4.69, 9.17) is 4.42 Å². The lowest BCUT2D eigenvalue weighted by atomic mass is 9.81. The van der Waals surface area contributed by atoms with E-state index in [1.165, 1.54) is 86.9 Å². The van der Waals surface area contributed by atoms with E-state index in [1.807, 2.05) is 17.4 Å². The molecule has 0 spiro atoms. The zero-order valence-electron chi connectivity index (χ0n) is 31.4. The standard InChI is InChI=1S/C54H38OS/c1-54(2)48-19-7-5-13-40(48)41-27-24-34(31-49(41)54)33-22-21-32-23-26-39(37-11-3-4-12-38(37)46(32)29-33)44-17-10-18-45-47-30-35(25-28-51(47)56-53(44)45)36-15-9-16-43-42-14-6-8-20-50(42)55-52(36)43/h3-22,24-25,27-31,39H,23,26H2,1-2H3. The molecule has 10 aromatic rings. The van der Waals surface area contributed by atoms with Crippen molar-refractivity contribution >= 4 is 53.4 Å². The van der Waals surface area contributed by atoms with Crippen molar-refractivity contribution in [2.75, 3.05) is 0 Å². The number of furan rings is 1. The molecule has 0 aliphatic heterocycles. The van der Waals surface area contributed by atoms with Crippen LogP contribution in [0.2, 0.25) is 0 Å². The zero-order chi connectivity index (χ0) is 37.1. The van der Waals surface area contributed by atoms with Crippen LogP contribution < -0.4 is 0 Å². The van der Waals surface area contributed by atoms with Gasteiger partial charge < -0.3 is 4.42 Å². The van der Waals surface area contributed by atoms with E-state index in [2.05, 4.69) is 172 Å². The molecule has 8 aromatic carbocycles. The minimum Gasteiger partial charge on any atom is -0.455 e. The second-order valence-corrected chi connectivity index (χ2v) is 17.4. The Labute approximate surface area is 330 Å². The molecule has 12 rings (SSSR count). The summed E-state index contributed by atoms with van der Waals surface area (Å²) >= 11 is 1.94. The Kier molecular flexibility index (Phi) is 6.81. The van der Waals surface area contributed by atoms with E-state index < -0.39 is 0 Å². The van der Waals surface area contributed by atoms with Crippen LogP contribution in [-0.4, -0.2) is 0 Å². The molecule has 0 bridgehead atoms. The Morgan fingerprint density at radius 1 is 0.500 bits per heavy atom. The molecule has 2 aromatic heterocycles. The molecule has 2 aliphatic rings. The summed E-state index contributed by atoms with van der Waals surface area (Å²) in [5.41, 5.74) is 19.4. The van der Waals surface area contributed by atoms with Crippen molar-refractivity contribution in [1.29, 1.82) is 0 Å². The molecule has 0 radical (unpaired) electrons. The van der Waals surface area contributed by atoms with Crippen LogP contribution in [0.15, 0.2) is 168 Å². The van der Waals surface area contributed by atoms with Gasteiger partial charge in [-0.3, -0.25) is 0 Å². The van der Waals surface area contributed by atoms with Crippen molar-refractivity contribution in [2.24, 2.45) is 0 Å². The summed E-state index contributed by atoms with van der Waals surface area (Å²) in [6.07, 6.45) is 2.11. The Hall–Kier alpha value is -6.22. The van der Waals surface area contributed by atoms with Crippen LogP contribution in [0.25, 0.3) is 86.6 Å². The van der Waals surface area contributed by atoms with Crippen LogP contribution in [0, 0.1) is 0 Å². The van der Waals surface area contributed by atoms with Gasteiger partial charge in [-0.25, -0.2) is 0 Å². The lowest BCUT2D eigenvalue weighted by molar-refractivity contribution is 0.660. The van der Waals surface area contributed by atoms with Gasteiger partial charge in [-0.1, -0.05) is 147 Å². The molecule has 2 heterocycles. The Bertz CT molecular complexity index is 3240. The number of aryl methyl sites for hydroxylation is 1. The number of benzene rings is 8. The summed E-state index contributed by atoms with van der Waals surface area (Å²) in [6, 6.07) is 61.3. The quantitative estimate of drug-likeness (QED) is 0.176. The van der Waals surface area contributed by atoms with Gasteiger partial charge in [-0.15, -0.1) is 11.3 Å². The Balaban J connectivity index is 0.951. The first-order valence-corrected chi connectivity index (χ1v) is 20.7. The highest BCUT2D eigenvalue weighted by atomic mass is 32.1. The third kappa shape index (κ3) is 4.60. The van der Waals surface area contributed by atoms with E-state index in [9.17, 15) is 0 Å². The summed E-state index contributed by atoms with van der Waals surface area (Å²) < 4.78 is 9.18. The highest BCUT2D eigenvalue weighted by Crippen LogP contribution is 2.51. The van der Waals surface area contributed by atoms with Crippen molar-refractivity contribution in [3.8, 4) is 44.5 Å². The number of fused-ring (bicyclic) bond motifs is 12. The minimum absolute atomic E-state index is 0.0226. The third-order valence-electron chi connectivity index (χ3n) is 13.0. The van der Waals surface area contributed by atoms with Gasteiger partial charge in [-0.2, -0.15) is 0 Å². The SMILES string of the molecule is CC1(C)c2ccccc2-c2ccc(-c3ccc4c(c3)-c3ccccc3C(c3cccc5c3sc3ccc(-c6cccc7c6oc6ccccc67)cc35)CC4)cc21. The Morgan fingerprint density at radius 2 is 1.20 bits per heavy atom. The monoisotopic (exact) mass is 734 g/mol. The molecule has 0 saturated heterocycles. The average molecular weight is 735 g/mol. The summed E-state index contributed by atoms with van der Waals surface area (Å²) in [7, 11) is 0. The molecule has 0 amide bonds. The van der Waals surface area contributed by atoms with E-state index in [0.29, 0.717) is 5.92 Å². The predicted octanol–water partition coefficient (Wildman–Crippen LogP) is 15.3. The molecule has 0 fully saturated rings. The first kappa shape index (κ1) is 32.1. The predicted molar refractivity (Wildman–Crippen MR) is 237 cm³/mol. The number of hydrogen-bond donors (Lipinski definition) is 0. The molecule has 0 saturated carbocycles. The highest BCUT2D eigenvalue weighted by Gasteiger charge is 2.35. The number of thiophene rings is 1. The molecule has 1 unspecified atom stereocenters. The lowest BCUT2D eigenvalue weighted by Crippen LogP contribution is -2.14. The van der Waals surface area contributed by atoms with Gasteiger partial charge in [0.15, 0.2) is 0 Å². The molecular weight excluding hydrogens is 697 g/mol. The van der Waals surface area contributed by atoms with Crippen LogP contribution in [0.5, 0.6) is 0 Å². The van der Waals surface area contributed by atoms with Crippen LogP contribution in [0.4, 0.5) is 0 Å². The fourth-order valence-corrected chi connectivity index (χ4v) is 11.4. The fourth-order valence-electron chi connectivity index (χ4n) is 10.2. The third-order valence-corrected chi connectivity index (χ3v) is 14.2. The van der Waals surface area contributed by atoms with Gasteiger partial charge in [0, 0.05) is 47.8 Å². The smallest absolute Gasteiger partial charge is 0.143 e. The van der Waals surface area contributed by atoms with Crippen molar-refractivity contribution in [2.45, 2.75) is 38.0 Å². The normalized spacial score (nSPS) is 15.5. The maximum atomic E-state index is 6.46. The maximum Gasteiger partial charge on any atom is 0.143 e. The van der Waals surface area contributed by atoms with Gasteiger partial charge >= 0.3 is 0 Å². The average Bonchev–Trinajstić information content (AvgIpc) is 3.84. The minimum atomic E-state index is -0.0226. The van der Waals surface area contributed by atoms with Crippen molar-refractivity contribution < 1.29 is 4.42 Å². The first-order chi connectivity index (χ1) is 27.5. The number of para-hydroxylation sites is 2. The van der Waals surface area contributed by atoms with Gasteiger partial charge in [0.05, 0.1) is 0 Å². The van der Waals surface area contributed by atoms with Gasteiger partial charge in [0.1, 0.15) is 11.2 Å². The second-order valence-electron chi connectivity index (χ2n) is 16.3. The molecule has 1 nitrogen and oxygen atoms in total. The summed E-state index contributed by atoms with van der Waals surface area (Å²) in [5.74, 6) is 0.293. The zero-order valence-corrected chi connectivity index (χ0v) is 32.2. The van der Waals surface area contributed by atoms with Crippen LogP contribution in [0.3, 0.4) is 0 Å². The second kappa shape index (κ2) is 11.9. The molecule has 56 heavy (non-hydrogen) atoms. The largest absolute Gasteiger partial charge is 0.455 e. The van der Waals surface area contributed by atoms with Gasteiger partial charge in [0.2, 0.25) is 0 Å². The first-order valence-electron chi connectivity index (χ1n) is 19.8. The van der Waals surface area contributed by atoms with E-state index in [-0.39, 0.29) is 5.41 Å². The van der Waals surface area contributed by atoms with Crippen molar-refractivity contribution in [1.82, 2.24) is 0 Å². The summed E-state index contributed by atoms with van der Waals surface area (Å²) in [4.78, 5) is 0. The van der Waals surface area contributed by atoms with Gasteiger partial charge in [-0.05, 0) is 110 Å². The van der Waals surface area contributed by atoms with E-state index in [1.54, 1.807) is 0 Å². The van der Waals surface area contributed by atoms with E-state index >= 15 is 0 Å². The topological polar surface area (TPSA) is 13.1 Å². The van der Waals surface area contributed by atoms with Crippen LogP contribution in [-0.2, 0) is 11.8 Å². The maximum absolute atomic E-state index is 6.46. The summed E-state index contributed by atoms with van der Waals surface area (Å²) in [5, 5.41) is 4.98. The number of rotatable bonds is 3. The lowest BCUT2D eigenvalue weighted by Gasteiger charge is -2.22. The van der Waals surface area contributed by atoms with Crippen LogP contribution in [0.1, 0.15) is 54.0 Å². The molecule has 2 aliphatic carbocycles. The molecule has 266 valence electrons. The Morgan fingerprint density at radius 3 is 2.14 bits per heavy atom. The van der Waals surface area contributed by atoms with Gasteiger partial charge in [0.25, 0.3) is 0 Å². The highest BCUT2D eigenvalue weighted by molar-refractivity contribution is 7.26. The summed E-state index contributed by atoms with van der Waals surface area (Å²) in [6.45, 7) is 4.74. The molecule has 0 N–H and O–H groups in total. The molecule has 2 heteroatoms. The van der Waals surface area contributed by atoms with E-state index in [0.717, 1.165) is 40.3 Å². The molecule has 1 atom stereocenters. The van der Waals surface area contributed by atoms with Crippen molar-refractivity contribution in [3.05, 3.63) is 192 Å². The number of hydrogen-bond acceptors (Lipinski definition) is 2. The molecular formula is C54H38OS.